The Balaban J connectivity index is 1.92. The van der Waals surface area contributed by atoms with Crippen molar-refractivity contribution in [1.29, 1.82) is 0 Å². The summed E-state index contributed by atoms with van der Waals surface area (Å²) in [5.41, 5.74) is 5.33. The van der Waals surface area contributed by atoms with Crippen molar-refractivity contribution in [3.05, 3.63) is 29.7 Å². The van der Waals surface area contributed by atoms with Crippen molar-refractivity contribution in [1.82, 2.24) is 5.32 Å². The zero-order chi connectivity index (χ0) is 16.3. The van der Waals surface area contributed by atoms with E-state index in [0.29, 0.717) is 17.6 Å². The third-order valence-corrected chi connectivity index (χ3v) is 4.34. The molecule has 1 aliphatic carbocycles. The van der Waals surface area contributed by atoms with Gasteiger partial charge in [-0.25, -0.2) is 0 Å². The molecule has 22 heavy (non-hydrogen) atoms. The van der Waals surface area contributed by atoms with Crippen LogP contribution in [0.15, 0.2) is 22.6 Å². The molecule has 0 aromatic carbocycles. The van der Waals surface area contributed by atoms with Gasteiger partial charge in [-0.05, 0) is 36.5 Å². The molecule has 1 aromatic rings. The van der Waals surface area contributed by atoms with Gasteiger partial charge in [0.05, 0.1) is 0 Å². The molecule has 3 N–H and O–H groups in total. The first-order chi connectivity index (χ1) is 10.4. The van der Waals surface area contributed by atoms with Gasteiger partial charge >= 0.3 is 0 Å². The summed E-state index contributed by atoms with van der Waals surface area (Å²) in [6.07, 6.45) is 4.91. The maximum Gasteiger partial charge on any atom is 0.244 e. The second-order valence-electron chi connectivity index (χ2n) is 6.17. The third kappa shape index (κ3) is 4.00. The van der Waals surface area contributed by atoms with Crippen LogP contribution >= 0.6 is 0 Å². The monoisotopic (exact) mass is 304 g/mol. The van der Waals surface area contributed by atoms with Crippen LogP contribution < -0.4 is 11.1 Å². The smallest absolute Gasteiger partial charge is 0.244 e. The summed E-state index contributed by atoms with van der Waals surface area (Å²) in [6.45, 7) is 6.02. The van der Waals surface area contributed by atoms with E-state index in [1.54, 1.807) is 6.08 Å². The Morgan fingerprint density at radius 2 is 2.18 bits per heavy atom. The third-order valence-electron chi connectivity index (χ3n) is 4.34. The Labute approximate surface area is 130 Å². The summed E-state index contributed by atoms with van der Waals surface area (Å²) in [4.78, 5) is 23.3. The van der Waals surface area contributed by atoms with Crippen LogP contribution in [0.25, 0.3) is 6.08 Å². The minimum Gasteiger partial charge on any atom is -0.461 e. The van der Waals surface area contributed by atoms with Crippen LogP contribution in [0.1, 0.15) is 51.1 Å². The van der Waals surface area contributed by atoms with Crippen LogP contribution in [0.5, 0.6) is 0 Å². The van der Waals surface area contributed by atoms with Crippen molar-refractivity contribution < 1.29 is 14.0 Å². The predicted molar refractivity (Wildman–Crippen MR) is 84.8 cm³/mol. The summed E-state index contributed by atoms with van der Waals surface area (Å²) in [5.74, 6) is 1.95. The fraction of sp³-hybridized carbons (Fsp3) is 0.529. The molecule has 1 aromatic heterocycles. The van der Waals surface area contributed by atoms with Gasteiger partial charge in [0.15, 0.2) is 0 Å². The van der Waals surface area contributed by atoms with Gasteiger partial charge in [-0.3, -0.25) is 9.59 Å². The highest BCUT2D eigenvalue weighted by molar-refractivity contribution is 5.95. The van der Waals surface area contributed by atoms with Crippen molar-refractivity contribution in [3.8, 4) is 0 Å². The van der Waals surface area contributed by atoms with Crippen LogP contribution in [0, 0.1) is 11.8 Å². The maximum absolute atomic E-state index is 11.9. The number of nitrogens with two attached hydrogens (primary N) is 1. The van der Waals surface area contributed by atoms with E-state index in [1.807, 2.05) is 26.0 Å². The molecular weight excluding hydrogens is 280 g/mol. The number of hydrogen-bond donors (Lipinski definition) is 2. The van der Waals surface area contributed by atoms with E-state index in [2.05, 4.69) is 12.2 Å². The molecule has 1 heterocycles. The summed E-state index contributed by atoms with van der Waals surface area (Å²) >= 11 is 0. The van der Waals surface area contributed by atoms with Crippen molar-refractivity contribution in [2.45, 2.75) is 45.6 Å². The van der Waals surface area contributed by atoms with E-state index in [-0.39, 0.29) is 11.8 Å². The molecule has 0 spiro atoms. The van der Waals surface area contributed by atoms with Crippen LogP contribution in [-0.2, 0) is 9.59 Å². The van der Waals surface area contributed by atoms with E-state index < -0.39 is 11.9 Å². The van der Waals surface area contributed by atoms with Gasteiger partial charge in [-0.15, -0.1) is 0 Å². The van der Waals surface area contributed by atoms with Crippen molar-refractivity contribution >= 4 is 17.9 Å². The fourth-order valence-corrected chi connectivity index (χ4v) is 2.46. The number of hydrogen-bond acceptors (Lipinski definition) is 3. The van der Waals surface area contributed by atoms with Crippen LogP contribution in [0.3, 0.4) is 0 Å². The molecule has 1 fully saturated rings. The molecule has 0 saturated heterocycles. The molecule has 4 atom stereocenters. The molecule has 0 bridgehead atoms. The Kier molecular flexibility index (Phi) is 5.06. The quantitative estimate of drug-likeness (QED) is 0.759. The summed E-state index contributed by atoms with van der Waals surface area (Å²) in [6, 6.07) is 3.16. The van der Waals surface area contributed by atoms with Crippen LogP contribution in [0.4, 0.5) is 0 Å². The van der Waals surface area contributed by atoms with Crippen LogP contribution in [0.2, 0.25) is 0 Å². The van der Waals surface area contributed by atoms with Gasteiger partial charge in [0.1, 0.15) is 17.6 Å². The summed E-state index contributed by atoms with van der Waals surface area (Å²) < 4.78 is 5.69. The first kappa shape index (κ1) is 16.3. The van der Waals surface area contributed by atoms with Crippen LogP contribution in [-0.4, -0.2) is 17.9 Å². The lowest BCUT2D eigenvalue weighted by molar-refractivity contribution is -0.126. The maximum atomic E-state index is 11.9. The molecule has 5 heteroatoms. The predicted octanol–water partition coefficient (Wildman–Crippen LogP) is 2.43. The number of furan rings is 1. The largest absolute Gasteiger partial charge is 0.461 e. The minimum absolute atomic E-state index is 0.00131. The van der Waals surface area contributed by atoms with Gasteiger partial charge in [-0.2, -0.15) is 0 Å². The standard InChI is InChI=1S/C17H24N2O3/c1-4-10(2)16(17(18)21)19-15(20)8-6-12-5-7-14(22-12)13-9-11(13)3/h5-8,10-11,13,16H,4,9H2,1-3H3,(H2,18,21)(H,19,20). The number of carbonyl (C=O) groups is 2. The van der Waals surface area contributed by atoms with E-state index in [0.717, 1.165) is 18.6 Å². The van der Waals surface area contributed by atoms with Gasteiger partial charge < -0.3 is 15.5 Å². The first-order valence-electron chi connectivity index (χ1n) is 7.80. The van der Waals surface area contributed by atoms with E-state index in [9.17, 15) is 9.59 Å². The van der Waals surface area contributed by atoms with Gasteiger partial charge in [0.2, 0.25) is 11.8 Å². The Hall–Kier alpha value is -2.04. The van der Waals surface area contributed by atoms with E-state index >= 15 is 0 Å². The van der Waals surface area contributed by atoms with Gasteiger partial charge in [0, 0.05) is 12.0 Å². The molecule has 1 saturated carbocycles. The molecule has 2 amide bonds. The Bertz CT molecular complexity index is 576. The number of amides is 2. The van der Waals surface area contributed by atoms with Crippen molar-refractivity contribution in [2.24, 2.45) is 17.6 Å². The number of rotatable bonds is 7. The summed E-state index contributed by atoms with van der Waals surface area (Å²) in [7, 11) is 0. The fourth-order valence-electron chi connectivity index (χ4n) is 2.46. The van der Waals surface area contributed by atoms with Gasteiger partial charge in [-0.1, -0.05) is 27.2 Å². The molecule has 2 rings (SSSR count). The minimum atomic E-state index is -0.651. The van der Waals surface area contributed by atoms with E-state index in [4.69, 9.17) is 10.2 Å². The average Bonchev–Trinajstić information content (AvgIpc) is 3.02. The SMILES string of the molecule is CCC(C)C(NC(=O)C=Cc1ccc(C2CC2C)o1)C(N)=O. The topological polar surface area (TPSA) is 85.3 Å². The zero-order valence-electron chi connectivity index (χ0n) is 13.3. The van der Waals surface area contributed by atoms with Crippen molar-refractivity contribution in [3.63, 3.8) is 0 Å². The lowest BCUT2D eigenvalue weighted by Gasteiger charge is -2.20. The number of carbonyl (C=O) groups excluding carboxylic acids is 2. The molecule has 120 valence electrons. The molecule has 1 aliphatic rings. The summed E-state index contributed by atoms with van der Waals surface area (Å²) in [5, 5.41) is 2.64. The normalized spacial score (nSPS) is 23.2. The van der Waals surface area contributed by atoms with E-state index in [1.165, 1.54) is 6.08 Å². The Morgan fingerprint density at radius 1 is 1.50 bits per heavy atom. The first-order valence-corrected chi connectivity index (χ1v) is 7.80. The highest BCUT2D eigenvalue weighted by atomic mass is 16.3. The lowest BCUT2D eigenvalue weighted by Crippen LogP contribution is -2.47. The molecular formula is C17H24N2O3. The molecule has 0 radical (unpaired) electrons. The zero-order valence-corrected chi connectivity index (χ0v) is 13.3. The second-order valence-corrected chi connectivity index (χ2v) is 6.17. The molecule has 5 nitrogen and oxygen atoms in total. The lowest BCUT2D eigenvalue weighted by atomic mass is 9.98. The number of nitrogens with one attached hydrogen (secondary N) is 1. The highest BCUT2D eigenvalue weighted by Gasteiger charge is 2.36. The number of primary amides is 1. The highest BCUT2D eigenvalue weighted by Crippen LogP contribution is 2.47. The van der Waals surface area contributed by atoms with Crippen molar-refractivity contribution in [2.75, 3.05) is 0 Å². The molecule has 4 unspecified atom stereocenters. The Morgan fingerprint density at radius 3 is 2.73 bits per heavy atom. The average molecular weight is 304 g/mol. The van der Waals surface area contributed by atoms with Gasteiger partial charge in [0.25, 0.3) is 0 Å². The second kappa shape index (κ2) is 6.81. The molecule has 0 aliphatic heterocycles.